The Morgan fingerprint density at radius 1 is 1.38 bits per heavy atom. The minimum atomic E-state index is -0.0987. The molecule has 1 aromatic heterocycles. The molecular weight excluding hydrogens is 208 g/mol. The van der Waals surface area contributed by atoms with Crippen LogP contribution in [-0.4, -0.2) is 34.5 Å². The highest BCUT2D eigenvalue weighted by Crippen LogP contribution is 1.94. The molecule has 16 heavy (non-hydrogen) atoms. The molecule has 88 valence electrons. The third-order valence-electron chi connectivity index (χ3n) is 2.06. The van der Waals surface area contributed by atoms with Crippen molar-refractivity contribution in [3.63, 3.8) is 0 Å². The SMILES string of the molecule is CC(=O)NCCNC(=O)Cc1nccn1C. The molecule has 0 fully saturated rings. The van der Waals surface area contributed by atoms with E-state index in [-0.39, 0.29) is 18.2 Å². The van der Waals surface area contributed by atoms with E-state index in [1.54, 1.807) is 17.0 Å². The minimum absolute atomic E-state index is 0.0975. The summed E-state index contributed by atoms with van der Waals surface area (Å²) in [4.78, 5) is 26.0. The van der Waals surface area contributed by atoms with Crippen molar-refractivity contribution in [3.05, 3.63) is 18.2 Å². The number of nitrogens with one attached hydrogen (secondary N) is 2. The van der Waals surface area contributed by atoms with Crippen LogP contribution >= 0.6 is 0 Å². The third kappa shape index (κ3) is 4.12. The molecule has 2 N–H and O–H groups in total. The van der Waals surface area contributed by atoms with Crippen LogP contribution in [0.2, 0.25) is 0 Å². The lowest BCUT2D eigenvalue weighted by atomic mass is 10.3. The van der Waals surface area contributed by atoms with Gasteiger partial charge >= 0.3 is 0 Å². The third-order valence-corrected chi connectivity index (χ3v) is 2.06. The Morgan fingerprint density at radius 2 is 2.06 bits per heavy atom. The maximum absolute atomic E-state index is 11.4. The van der Waals surface area contributed by atoms with Crippen LogP contribution in [0.3, 0.4) is 0 Å². The number of hydrogen-bond acceptors (Lipinski definition) is 3. The van der Waals surface area contributed by atoms with Crippen molar-refractivity contribution < 1.29 is 9.59 Å². The maximum atomic E-state index is 11.4. The average molecular weight is 224 g/mol. The van der Waals surface area contributed by atoms with Gasteiger partial charge in [-0.1, -0.05) is 0 Å². The second-order valence-corrected chi connectivity index (χ2v) is 3.46. The van der Waals surface area contributed by atoms with Gasteiger partial charge in [0.25, 0.3) is 0 Å². The van der Waals surface area contributed by atoms with Gasteiger partial charge < -0.3 is 15.2 Å². The van der Waals surface area contributed by atoms with Gasteiger partial charge in [-0.25, -0.2) is 4.98 Å². The summed E-state index contributed by atoms with van der Waals surface area (Å²) in [7, 11) is 1.84. The van der Waals surface area contributed by atoms with Gasteiger partial charge in [-0.3, -0.25) is 9.59 Å². The number of hydrogen-bond donors (Lipinski definition) is 2. The molecule has 0 spiro atoms. The number of carbonyl (C=O) groups is 2. The zero-order chi connectivity index (χ0) is 12.0. The lowest BCUT2D eigenvalue weighted by molar-refractivity contribution is -0.121. The Labute approximate surface area is 94.0 Å². The highest BCUT2D eigenvalue weighted by Gasteiger charge is 2.06. The number of nitrogens with zero attached hydrogens (tertiary/aromatic N) is 2. The van der Waals surface area contributed by atoms with E-state index in [1.807, 2.05) is 7.05 Å². The number of amides is 2. The van der Waals surface area contributed by atoms with Crippen LogP contribution in [0.4, 0.5) is 0 Å². The quantitative estimate of drug-likeness (QED) is 0.644. The minimum Gasteiger partial charge on any atom is -0.355 e. The van der Waals surface area contributed by atoms with Crippen molar-refractivity contribution in [2.45, 2.75) is 13.3 Å². The summed E-state index contributed by atoms with van der Waals surface area (Å²) in [5.41, 5.74) is 0. The zero-order valence-corrected chi connectivity index (χ0v) is 9.49. The van der Waals surface area contributed by atoms with Crippen molar-refractivity contribution in [1.82, 2.24) is 20.2 Å². The van der Waals surface area contributed by atoms with Gasteiger partial charge in [-0.05, 0) is 0 Å². The molecule has 0 radical (unpaired) electrons. The van der Waals surface area contributed by atoms with Crippen molar-refractivity contribution in [2.24, 2.45) is 7.05 Å². The first-order valence-corrected chi connectivity index (χ1v) is 5.07. The topological polar surface area (TPSA) is 76.0 Å². The van der Waals surface area contributed by atoms with E-state index in [1.165, 1.54) is 6.92 Å². The summed E-state index contributed by atoms with van der Waals surface area (Å²) < 4.78 is 1.80. The molecule has 0 aromatic carbocycles. The van der Waals surface area contributed by atoms with Crippen LogP contribution in [-0.2, 0) is 23.1 Å². The summed E-state index contributed by atoms with van der Waals surface area (Å²) in [6.45, 7) is 2.32. The Balaban J connectivity index is 2.21. The molecule has 1 heterocycles. The Hall–Kier alpha value is -1.85. The Bertz CT molecular complexity index is 373. The standard InChI is InChI=1S/C10H16N4O2/c1-8(15)11-3-4-13-10(16)7-9-12-5-6-14(9)2/h5-6H,3-4,7H2,1-2H3,(H,11,15)(H,13,16). The van der Waals surface area contributed by atoms with Crippen molar-refractivity contribution in [3.8, 4) is 0 Å². The molecule has 0 bridgehead atoms. The summed E-state index contributed by atoms with van der Waals surface area (Å²) in [5, 5.41) is 5.29. The fraction of sp³-hybridized carbons (Fsp3) is 0.500. The monoisotopic (exact) mass is 224 g/mol. The number of carbonyl (C=O) groups excluding carboxylic acids is 2. The predicted molar refractivity (Wildman–Crippen MR) is 58.6 cm³/mol. The van der Waals surface area contributed by atoms with Crippen LogP contribution in [0.1, 0.15) is 12.7 Å². The molecule has 0 saturated heterocycles. The van der Waals surface area contributed by atoms with E-state index in [0.717, 1.165) is 5.82 Å². The van der Waals surface area contributed by atoms with Crippen molar-refractivity contribution in [1.29, 1.82) is 0 Å². The largest absolute Gasteiger partial charge is 0.355 e. The fourth-order valence-electron chi connectivity index (χ4n) is 1.21. The van der Waals surface area contributed by atoms with E-state index < -0.39 is 0 Å². The fourth-order valence-corrected chi connectivity index (χ4v) is 1.21. The maximum Gasteiger partial charge on any atom is 0.227 e. The number of rotatable bonds is 5. The predicted octanol–water partition coefficient (Wildman–Crippen LogP) is -0.785. The van der Waals surface area contributed by atoms with E-state index in [9.17, 15) is 9.59 Å². The Morgan fingerprint density at radius 3 is 2.62 bits per heavy atom. The summed E-state index contributed by atoms with van der Waals surface area (Å²) in [6.07, 6.45) is 3.70. The van der Waals surface area contributed by atoms with Crippen LogP contribution < -0.4 is 10.6 Å². The second kappa shape index (κ2) is 5.89. The van der Waals surface area contributed by atoms with Crippen molar-refractivity contribution in [2.75, 3.05) is 13.1 Å². The number of aryl methyl sites for hydroxylation is 1. The summed E-state index contributed by atoms with van der Waals surface area (Å²) in [5.74, 6) is 0.523. The molecular formula is C10H16N4O2. The first kappa shape index (κ1) is 12.2. The summed E-state index contributed by atoms with van der Waals surface area (Å²) >= 11 is 0. The van der Waals surface area contributed by atoms with Gasteiger partial charge in [0.2, 0.25) is 11.8 Å². The first-order chi connectivity index (χ1) is 7.59. The van der Waals surface area contributed by atoms with Gasteiger partial charge in [0.15, 0.2) is 0 Å². The van der Waals surface area contributed by atoms with Gasteiger partial charge in [0.05, 0.1) is 6.42 Å². The highest BCUT2D eigenvalue weighted by molar-refractivity contribution is 5.78. The lowest BCUT2D eigenvalue weighted by Gasteiger charge is -2.05. The molecule has 0 unspecified atom stereocenters. The van der Waals surface area contributed by atoms with Gasteiger partial charge in [0.1, 0.15) is 5.82 Å². The molecule has 0 aliphatic carbocycles. The second-order valence-electron chi connectivity index (χ2n) is 3.46. The smallest absolute Gasteiger partial charge is 0.227 e. The van der Waals surface area contributed by atoms with Crippen molar-refractivity contribution >= 4 is 11.8 Å². The van der Waals surface area contributed by atoms with E-state index >= 15 is 0 Å². The molecule has 0 saturated carbocycles. The van der Waals surface area contributed by atoms with Crippen LogP contribution in [0.25, 0.3) is 0 Å². The average Bonchev–Trinajstić information content (AvgIpc) is 2.59. The van der Waals surface area contributed by atoms with Gasteiger partial charge in [-0.2, -0.15) is 0 Å². The molecule has 6 heteroatoms. The van der Waals surface area contributed by atoms with E-state index in [4.69, 9.17) is 0 Å². The van der Waals surface area contributed by atoms with Crippen LogP contribution in [0.5, 0.6) is 0 Å². The lowest BCUT2D eigenvalue weighted by Crippen LogP contribution is -2.34. The number of aromatic nitrogens is 2. The molecule has 0 aliphatic rings. The Kier molecular flexibility index (Phi) is 4.50. The highest BCUT2D eigenvalue weighted by atomic mass is 16.2. The molecule has 1 rings (SSSR count). The molecule has 1 aromatic rings. The molecule has 0 aliphatic heterocycles. The van der Waals surface area contributed by atoms with Gasteiger partial charge in [-0.15, -0.1) is 0 Å². The zero-order valence-electron chi connectivity index (χ0n) is 9.49. The van der Waals surface area contributed by atoms with Crippen LogP contribution in [0, 0.1) is 0 Å². The molecule has 6 nitrogen and oxygen atoms in total. The normalized spacial score (nSPS) is 9.88. The van der Waals surface area contributed by atoms with Crippen LogP contribution in [0.15, 0.2) is 12.4 Å². The van der Waals surface area contributed by atoms with E-state index in [2.05, 4.69) is 15.6 Å². The molecule has 2 amide bonds. The molecule has 0 atom stereocenters. The van der Waals surface area contributed by atoms with E-state index in [0.29, 0.717) is 13.1 Å². The van der Waals surface area contributed by atoms with Gasteiger partial charge in [0, 0.05) is 39.5 Å². The summed E-state index contributed by atoms with van der Waals surface area (Å²) in [6, 6.07) is 0. The first-order valence-electron chi connectivity index (χ1n) is 5.07. The number of imidazole rings is 1.